The van der Waals surface area contributed by atoms with Crippen LogP contribution in [0.4, 0.5) is 5.69 Å². The maximum absolute atomic E-state index is 12.2. The molecule has 1 aromatic heterocycles. The molecular formula is C23H17ClN4O4. The maximum Gasteiger partial charge on any atom is 0.271 e. The Balaban J connectivity index is 1.52. The molecule has 0 aliphatic carbocycles. The molecule has 32 heavy (non-hydrogen) atoms. The highest BCUT2D eigenvalue weighted by Crippen LogP contribution is 2.24. The first-order chi connectivity index (χ1) is 15.4. The minimum absolute atomic E-state index is 0.0532. The number of halogens is 1. The van der Waals surface area contributed by atoms with E-state index in [1.807, 2.05) is 41.1 Å². The molecule has 0 radical (unpaired) electrons. The fourth-order valence-corrected chi connectivity index (χ4v) is 3.52. The van der Waals surface area contributed by atoms with Crippen LogP contribution in [0.3, 0.4) is 0 Å². The van der Waals surface area contributed by atoms with Gasteiger partial charge in [0.25, 0.3) is 11.6 Å². The third-order valence-corrected chi connectivity index (χ3v) is 5.20. The highest BCUT2D eigenvalue weighted by molar-refractivity contribution is 6.32. The van der Waals surface area contributed by atoms with Crippen molar-refractivity contribution in [1.82, 2.24) is 9.99 Å². The van der Waals surface area contributed by atoms with Crippen LogP contribution in [0.2, 0.25) is 5.02 Å². The lowest BCUT2D eigenvalue weighted by Crippen LogP contribution is -2.17. The number of nitrogens with zero attached hydrogens (tertiary/aromatic N) is 3. The molecule has 0 atom stereocenters. The van der Waals surface area contributed by atoms with Gasteiger partial charge >= 0.3 is 0 Å². The van der Waals surface area contributed by atoms with Gasteiger partial charge in [0.2, 0.25) is 0 Å². The average molecular weight is 449 g/mol. The summed E-state index contributed by atoms with van der Waals surface area (Å²) in [5.74, 6) is -0.563. The van der Waals surface area contributed by atoms with Crippen molar-refractivity contribution in [2.24, 2.45) is 5.10 Å². The summed E-state index contributed by atoms with van der Waals surface area (Å²) in [5.41, 5.74) is 5.30. The number of hydrazone groups is 1. The van der Waals surface area contributed by atoms with Gasteiger partial charge in [-0.3, -0.25) is 14.9 Å². The van der Waals surface area contributed by atoms with Crippen LogP contribution in [-0.4, -0.2) is 26.7 Å². The van der Waals surface area contributed by atoms with Crippen LogP contribution < -0.4 is 5.43 Å². The normalized spacial score (nSPS) is 11.2. The van der Waals surface area contributed by atoms with Gasteiger partial charge in [0, 0.05) is 46.9 Å². The van der Waals surface area contributed by atoms with E-state index < -0.39 is 10.8 Å². The fraction of sp³-hybridized carbons (Fsp3) is 0.0435. The third-order valence-electron chi connectivity index (χ3n) is 4.90. The lowest BCUT2D eigenvalue weighted by atomic mass is 10.1. The summed E-state index contributed by atoms with van der Waals surface area (Å²) in [4.78, 5) is 22.8. The number of rotatable bonds is 6. The number of nitrogens with one attached hydrogen (secondary N) is 1. The Kier molecular flexibility index (Phi) is 5.87. The molecule has 160 valence electrons. The molecule has 2 N–H and O–H groups in total. The molecule has 0 fully saturated rings. The number of hydrogen-bond acceptors (Lipinski definition) is 5. The van der Waals surface area contributed by atoms with Crippen LogP contribution in [0.1, 0.15) is 21.5 Å². The van der Waals surface area contributed by atoms with Gasteiger partial charge in [0.1, 0.15) is 5.75 Å². The molecule has 0 saturated carbocycles. The number of hydrogen-bond donors (Lipinski definition) is 2. The van der Waals surface area contributed by atoms with Crippen molar-refractivity contribution in [2.75, 3.05) is 0 Å². The van der Waals surface area contributed by atoms with E-state index in [0.29, 0.717) is 6.54 Å². The average Bonchev–Trinajstić information content (AvgIpc) is 3.19. The molecule has 0 aliphatic rings. The third kappa shape index (κ3) is 4.45. The number of carbonyl (C=O) groups is 1. The molecule has 0 unspecified atom stereocenters. The number of benzene rings is 3. The van der Waals surface area contributed by atoms with E-state index in [2.05, 4.69) is 10.5 Å². The second kappa shape index (κ2) is 8.91. The van der Waals surface area contributed by atoms with Crippen molar-refractivity contribution in [1.29, 1.82) is 0 Å². The summed E-state index contributed by atoms with van der Waals surface area (Å²) in [6, 6.07) is 18.3. The SMILES string of the molecule is O=C(N/N=C/c1cccc2c1ccn2Cc1cccc([N+](=O)[O-])c1)c1ccc(O)c(Cl)c1. The van der Waals surface area contributed by atoms with Gasteiger partial charge in [-0.15, -0.1) is 0 Å². The monoisotopic (exact) mass is 448 g/mol. The zero-order chi connectivity index (χ0) is 22.7. The molecule has 0 aliphatic heterocycles. The molecule has 4 aromatic rings. The number of aromatic hydroxyl groups is 1. The number of fused-ring (bicyclic) bond motifs is 1. The largest absolute Gasteiger partial charge is 0.506 e. The highest BCUT2D eigenvalue weighted by atomic mass is 35.5. The van der Waals surface area contributed by atoms with E-state index in [1.54, 1.807) is 18.3 Å². The van der Waals surface area contributed by atoms with Gasteiger partial charge in [0.15, 0.2) is 0 Å². The van der Waals surface area contributed by atoms with Gasteiger partial charge in [-0.1, -0.05) is 35.9 Å². The van der Waals surface area contributed by atoms with Gasteiger partial charge in [-0.25, -0.2) is 5.43 Å². The molecule has 9 heteroatoms. The molecule has 3 aromatic carbocycles. The predicted molar refractivity (Wildman–Crippen MR) is 122 cm³/mol. The second-order valence-electron chi connectivity index (χ2n) is 7.02. The number of nitro groups is 1. The minimum Gasteiger partial charge on any atom is -0.506 e. The molecule has 8 nitrogen and oxygen atoms in total. The molecule has 1 heterocycles. The first-order valence-corrected chi connectivity index (χ1v) is 9.93. The van der Waals surface area contributed by atoms with Crippen molar-refractivity contribution in [2.45, 2.75) is 6.54 Å². The van der Waals surface area contributed by atoms with Crippen LogP contribution in [0, 0.1) is 10.1 Å². The Bertz CT molecular complexity index is 1360. The van der Waals surface area contributed by atoms with E-state index in [0.717, 1.165) is 22.0 Å². The minimum atomic E-state index is -0.460. The van der Waals surface area contributed by atoms with Crippen LogP contribution in [-0.2, 0) is 6.54 Å². The Labute approximate surface area is 187 Å². The van der Waals surface area contributed by atoms with Crippen molar-refractivity contribution in [3.63, 3.8) is 0 Å². The van der Waals surface area contributed by atoms with E-state index >= 15 is 0 Å². The topological polar surface area (TPSA) is 110 Å². The van der Waals surface area contributed by atoms with Crippen LogP contribution in [0.15, 0.2) is 78.0 Å². The number of aromatic nitrogens is 1. The van der Waals surface area contributed by atoms with Gasteiger partial charge < -0.3 is 9.67 Å². The molecule has 0 saturated heterocycles. The highest BCUT2D eigenvalue weighted by Gasteiger charge is 2.10. The lowest BCUT2D eigenvalue weighted by molar-refractivity contribution is -0.384. The summed E-state index contributed by atoms with van der Waals surface area (Å²) in [6.07, 6.45) is 3.44. The summed E-state index contributed by atoms with van der Waals surface area (Å²) in [7, 11) is 0. The Morgan fingerprint density at radius 2 is 1.97 bits per heavy atom. The maximum atomic E-state index is 12.2. The van der Waals surface area contributed by atoms with Gasteiger partial charge in [0.05, 0.1) is 16.2 Å². The number of phenolic OH excluding ortho intramolecular Hbond substituents is 1. The molecule has 0 bridgehead atoms. The van der Waals surface area contributed by atoms with E-state index in [4.69, 9.17) is 11.6 Å². The summed E-state index contributed by atoms with van der Waals surface area (Å²) in [5, 5.41) is 25.5. The lowest BCUT2D eigenvalue weighted by Gasteiger charge is -2.06. The van der Waals surface area contributed by atoms with Gasteiger partial charge in [-0.05, 0) is 35.9 Å². The number of phenols is 1. The summed E-state index contributed by atoms with van der Waals surface area (Å²) >= 11 is 5.83. The molecule has 1 amide bonds. The predicted octanol–water partition coefficient (Wildman–Crippen LogP) is 4.72. The number of amides is 1. The Hall–Kier alpha value is -4.17. The zero-order valence-electron chi connectivity index (χ0n) is 16.6. The molecular weight excluding hydrogens is 432 g/mol. The quantitative estimate of drug-likeness (QED) is 0.252. The first-order valence-electron chi connectivity index (χ1n) is 9.55. The summed E-state index contributed by atoms with van der Waals surface area (Å²) in [6.45, 7) is 0.476. The van der Waals surface area contributed by atoms with Crippen LogP contribution in [0.5, 0.6) is 5.75 Å². The van der Waals surface area contributed by atoms with Crippen LogP contribution >= 0.6 is 11.6 Å². The van der Waals surface area contributed by atoms with Gasteiger partial charge in [-0.2, -0.15) is 5.10 Å². The molecule has 4 rings (SSSR count). The van der Waals surface area contributed by atoms with Crippen LogP contribution in [0.25, 0.3) is 10.9 Å². The van der Waals surface area contributed by atoms with Crippen molar-refractivity contribution in [3.05, 3.63) is 105 Å². The zero-order valence-corrected chi connectivity index (χ0v) is 17.4. The summed E-state index contributed by atoms with van der Waals surface area (Å²) < 4.78 is 1.99. The van der Waals surface area contributed by atoms with Crippen molar-refractivity contribution in [3.8, 4) is 5.75 Å². The Morgan fingerprint density at radius 1 is 1.16 bits per heavy atom. The standard InChI is InChI=1S/C23H17ClN4O4/c24-20-12-16(7-8-22(20)29)23(30)26-25-13-17-4-2-6-21-19(17)9-10-27(21)14-15-3-1-5-18(11-15)28(31)32/h1-13,29H,14H2,(H,26,30)/b25-13+. The fourth-order valence-electron chi connectivity index (χ4n) is 3.34. The smallest absolute Gasteiger partial charge is 0.271 e. The van der Waals surface area contributed by atoms with E-state index in [1.165, 1.54) is 24.3 Å². The number of nitro benzene ring substituents is 1. The van der Waals surface area contributed by atoms with Crippen molar-refractivity contribution < 1.29 is 14.8 Å². The number of non-ortho nitro benzene ring substituents is 1. The second-order valence-corrected chi connectivity index (χ2v) is 7.42. The molecule has 0 spiro atoms. The Morgan fingerprint density at radius 3 is 2.75 bits per heavy atom. The first kappa shape index (κ1) is 21.1. The van der Waals surface area contributed by atoms with Crippen molar-refractivity contribution >= 4 is 40.3 Å². The number of carbonyl (C=O) groups excluding carboxylic acids is 1. The van der Waals surface area contributed by atoms with E-state index in [-0.39, 0.29) is 22.0 Å². The van der Waals surface area contributed by atoms with E-state index in [9.17, 15) is 20.0 Å².